The van der Waals surface area contributed by atoms with Crippen molar-refractivity contribution in [3.05, 3.63) is 35.4 Å². The highest BCUT2D eigenvalue weighted by atomic mass is 19.4. The maximum atomic E-state index is 13.0. The van der Waals surface area contributed by atoms with Gasteiger partial charge in [-0.2, -0.15) is 23.4 Å². The molecule has 0 N–H and O–H groups in total. The van der Waals surface area contributed by atoms with Gasteiger partial charge in [-0.15, -0.1) is 0 Å². The number of halogens is 3. The van der Waals surface area contributed by atoms with E-state index in [9.17, 15) is 18.0 Å². The summed E-state index contributed by atoms with van der Waals surface area (Å²) in [6, 6.07) is 2.98. The van der Waals surface area contributed by atoms with E-state index in [-0.39, 0.29) is 18.4 Å². The van der Waals surface area contributed by atoms with Crippen LogP contribution in [0.5, 0.6) is 0 Å². The van der Waals surface area contributed by atoms with Gasteiger partial charge in [-0.1, -0.05) is 6.92 Å². The van der Waals surface area contributed by atoms with E-state index in [4.69, 9.17) is 0 Å². The molecule has 27 heavy (non-hydrogen) atoms. The first-order valence-electron chi connectivity index (χ1n) is 9.11. The number of hydrogen-bond acceptors (Lipinski definition) is 3. The second-order valence-electron chi connectivity index (χ2n) is 7.14. The predicted octanol–water partition coefficient (Wildman–Crippen LogP) is 3.29. The molecule has 1 unspecified atom stereocenters. The maximum Gasteiger partial charge on any atom is 0.435 e. The molecule has 2 aromatic heterocycles. The fourth-order valence-electron chi connectivity index (χ4n) is 3.24. The van der Waals surface area contributed by atoms with Crippen LogP contribution in [0.3, 0.4) is 0 Å². The van der Waals surface area contributed by atoms with Crippen molar-refractivity contribution in [3.63, 3.8) is 0 Å². The van der Waals surface area contributed by atoms with Crippen LogP contribution in [0.4, 0.5) is 13.2 Å². The molecular formula is C18H24F3N5O. The monoisotopic (exact) mass is 383 g/mol. The Hall–Kier alpha value is -2.32. The number of carbonyl (C=O) groups is 1. The lowest BCUT2D eigenvalue weighted by Gasteiger charge is -2.22. The minimum absolute atomic E-state index is 0.118. The standard InChI is InChI=1S/C18H24F3N5O/c1-4-25-14(7-8-22-25)11-24(3)17(27)12(2)10-26-15(13-5-6-13)9-16(23-26)18(19,20)21/h7-9,12-13H,4-6,10-11H2,1-3H3. The van der Waals surface area contributed by atoms with Gasteiger partial charge in [0.1, 0.15) is 0 Å². The van der Waals surface area contributed by atoms with Crippen molar-refractivity contribution in [2.24, 2.45) is 5.92 Å². The summed E-state index contributed by atoms with van der Waals surface area (Å²) in [5.41, 5.74) is 0.607. The minimum atomic E-state index is -4.47. The smallest absolute Gasteiger partial charge is 0.340 e. The van der Waals surface area contributed by atoms with Crippen molar-refractivity contribution in [1.29, 1.82) is 0 Å². The van der Waals surface area contributed by atoms with Gasteiger partial charge in [-0.05, 0) is 31.9 Å². The summed E-state index contributed by atoms with van der Waals surface area (Å²) in [6.45, 7) is 4.94. The van der Waals surface area contributed by atoms with Gasteiger partial charge in [-0.3, -0.25) is 14.2 Å². The second kappa shape index (κ2) is 7.36. The van der Waals surface area contributed by atoms with E-state index in [0.717, 1.165) is 24.6 Å². The Morgan fingerprint density at radius 1 is 1.37 bits per heavy atom. The lowest BCUT2D eigenvalue weighted by Crippen LogP contribution is -2.34. The number of amides is 1. The predicted molar refractivity (Wildman–Crippen MR) is 92.7 cm³/mol. The van der Waals surface area contributed by atoms with Gasteiger partial charge in [-0.25, -0.2) is 0 Å². The molecule has 1 amide bonds. The lowest BCUT2D eigenvalue weighted by atomic mass is 10.1. The zero-order chi connectivity index (χ0) is 19.8. The Bertz CT molecular complexity index is 806. The molecule has 1 aliphatic carbocycles. The van der Waals surface area contributed by atoms with Crippen molar-refractivity contribution in [2.45, 2.75) is 58.4 Å². The fourth-order valence-corrected chi connectivity index (χ4v) is 3.24. The highest BCUT2D eigenvalue weighted by Crippen LogP contribution is 2.42. The van der Waals surface area contributed by atoms with Crippen LogP contribution in [0, 0.1) is 5.92 Å². The first-order chi connectivity index (χ1) is 12.7. The third-order valence-corrected chi connectivity index (χ3v) is 4.84. The number of hydrogen-bond donors (Lipinski definition) is 0. The Kier molecular flexibility index (Phi) is 5.30. The summed E-state index contributed by atoms with van der Waals surface area (Å²) < 4.78 is 42.2. The third-order valence-electron chi connectivity index (χ3n) is 4.84. The number of alkyl halides is 3. The Morgan fingerprint density at radius 3 is 2.67 bits per heavy atom. The van der Waals surface area contributed by atoms with Crippen molar-refractivity contribution in [3.8, 4) is 0 Å². The SMILES string of the molecule is CCn1nccc1CN(C)C(=O)C(C)Cn1nc(C(F)(F)F)cc1C1CC1. The molecule has 1 saturated carbocycles. The van der Waals surface area contributed by atoms with Crippen molar-refractivity contribution in [1.82, 2.24) is 24.5 Å². The fraction of sp³-hybridized carbons (Fsp3) is 0.611. The van der Waals surface area contributed by atoms with Crippen LogP contribution in [-0.2, 0) is 30.6 Å². The van der Waals surface area contributed by atoms with Crippen molar-refractivity contribution < 1.29 is 18.0 Å². The van der Waals surface area contributed by atoms with Crippen LogP contribution in [0.1, 0.15) is 49.7 Å². The molecule has 0 radical (unpaired) electrons. The van der Waals surface area contributed by atoms with Crippen LogP contribution in [0.25, 0.3) is 0 Å². The molecule has 2 heterocycles. The molecular weight excluding hydrogens is 359 g/mol. The van der Waals surface area contributed by atoms with E-state index in [1.165, 1.54) is 4.68 Å². The molecule has 3 rings (SSSR count). The maximum absolute atomic E-state index is 13.0. The van der Waals surface area contributed by atoms with E-state index < -0.39 is 17.8 Å². The van der Waals surface area contributed by atoms with E-state index in [1.54, 1.807) is 25.1 Å². The van der Waals surface area contributed by atoms with Crippen LogP contribution >= 0.6 is 0 Å². The van der Waals surface area contributed by atoms with Gasteiger partial charge in [0.2, 0.25) is 5.91 Å². The average Bonchev–Trinajstić information content (AvgIpc) is 3.19. The molecule has 0 aromatic carbocycles. The summed E-state index contributed by atoms with van der Waals surface area (Å²) >= 11 is 0. The van der Waals surface area contributed by atoms with Gasteiger partial charge >= 0.3 is 6.18 Å². The molecule has 1 fully saturated rings. The molecule has 0 saturated heterocycles. The quantitative estimate of drug-likeness (QED) is 0.737. The van der Waals surface area contributed by atoms with E-state index in [1.807, 2.05) is 17.7 Å². The topological polar surface area (TPSA) is 56.0 Å². The summed E-state index contributed by atoms with van der Waals surface area (Å²) in [7, 11) is 1.69. The first-order valence-corrected chi connectivity index (χ1v) is 9.11. The number of aryl methyl sites for hydroxylation is 1. The lowest BCUT2D eigenvalue weighted by molar-refractivity contribution is -0.141. The summed E-state index contributed by atoms with van der Waals surface area (Å²) in [5.74, 6) is -0.497. The number of rotatable bonds is 7. The number of carbonyl (C=O) groups excluding carboxylic acids is 1. The van der Waals surface area contributed by atoms with Gasteiger partial charge in [0.25, 0.3) is 0 Å². The van der Waals surface area contributed by atoms with Crippen LogP contribution in [0.15, 0.2) is 18.3 Å². The van der Waals surface area contributed by atoms with Gasteiger partial charge in [0.15, 0.2) is 5.69 Å². The van der Waals surface area contributed by atoms with Gasteiger partial charge < -0.3 is 4.90 Å². The Balaban J connectivity index is 1.70. The molecule has 0 aliphatic heterocycles. The van der Waals surface area contributed by atoms with E-state index in [2.05, 4.69) is 10.2 Å². The van der Waals surface area contributed by atoms with Crippen LogP contribution in [-0.4, -0.2) is 37.4 Å². The zero-order valence-electron chi connectivity index (χ0n) is 15.7. The minimum Gasteiger partial charge on any atom is -0.340 e. The van der Waals surface area contributed by atoms with Crippen molar-refractivity contribution >= 4 is 5.91 Å². The molecule has 1 atom stereocenters. The summed E-state index contributed by atoms with van der Waals surface area (Å²) in [6.07, 6.45) is -1.05. The molecule has 0 spiro atoms. The van der Waals surface area contributed by atoms with Crippen LogP contribution in [0.2, 0.25) is 0 Å². The molecule has 1 aliphatic rings. The molecule has 9 heteroatoms. The zero-order valence-corrected chi connectivity index (χ0v) is 15.7. The van der Waals surface area contributed by atoms with Gasteiger partial charge in [0, 0.05) is 31.4 Å². The Labute approximate surface area is 155 Å². The normalized spacial score (nSPS) is 15.8. The van der Waals surface area contributed by atoms with E-state index >= 15 is 0 Å². The highest BCUT2D eigenvalue weighted by Gasteiger charge is 2.38. The second-order valence-corrected chi connectivity index (χ2v) is 7.14. The molecule has 6 nitrogen and oxygen atoms in total. The first kappa shape index (κ1) is 19.4. The summed E-state index contributed by atoms with van der Waals surface area (Å²) in [4.78, 5) is 14.3. The van der Waals surface area contributed by atoms with E-state index in [0.29, 0.717) is 18.8 Å². The summed E-state index contributed by atoms with van der Waals surface area (Å²) in [5, 5.41) is 7.92. The average molecular weight is 383 g/mol. The number of aromatic nitrogens is 4. The molecule has 0 bridgehead atoms. The molecule has 2 aromatic rings. The Morgan fingerprint density at radius 2 is 2.07 bits per heavy atom. The largest absolute Gasteiger partial charge is 0.435 e. The van der Waals surface area contributed by atoms with Crippen LogP contribution < -0.4 is 0 Å². The molecule has 148 valence electrons. The van der Waals surface area contributed by atoms with Gasteiger partial charge in [0.05, 0.1) is 24.7 Å². The third kappa shape index (κ3) is 4.33. The van der Waals surface area contributed by atoms with Crippen molar-refractivity contribution in [2.75, 3.05) is 7.05 Å². The number of nitrogens with zero attached hydrogens (tertiary/aromatic N) is 5. The highest BCUT2D eigenvalue weighted by molar-refractivity contribution is 5.78.